The molecule has 0 radical (unpaired) electrons. The molecule has 1 heterocycles. The number of fused-ring (bicyclic) bond motifs is 1. The van der Waals surface area contributed by atoms with E-state index in [1.54, 1.807) is 0 Å². The van der Waals surface area contributed by atoms with Gasteiger partial charge in [-0.25, -0.2) is 4.79 Å². The van der Waals surface area contributed by atoms with Crippen LogP contribution < -0.4 is 0 Å². The molecule has 0 saturated heterocycles. The summed E-state index contributed by atoms with van der Waals surface area (Å²) < 4.78 is 2.06. The Bertz CT molecular complexity index is 867. The fourth-order valence-electron chi connectivity index (χ4n) is 3.08. The number of para-hydroxylation sites is 1. The van der Waals surface area contributed by atoms with Gasteiger partial charge in [0.1, 0.15) is 0 Å². The summed E-state index contributed by atoms with van der Waals surface area (Å²) in [5.74, 6) is -0.897. The van der Waals surface area contributed by atoms with E-state index in [-0.39, 0.29) is 6.04 Å². The maximum atomic E-state index is 11.6. The van der Waals surface area contributed by atoms with Gasteiger partial charge in [0, 0.05) is 21.6 Å². The van der Waals surface area contributed by atoms with Crippen molar-refractivity contribution in [3.05, 3.63) is 70.4 Å². The minimum Gasteiger partial charge on any atom is -0.478 e. The van der Waals surface area contributed by atoms with Crippen LogP contribution in [0.4, 0.5) is 0 Å². The van der Waals surface area contributed by atoms with Crippen LogP contribution in [0.3, 0.4) is 0 Å². The van der Waals surface area contributed by atoms with Crippen molar-refractivity contribution in [2.24, 2.45) is 0 Å². The molecule has 3 rings (SSSR count). The van der Waals surface area contributed by atoms with E-state index < -0.39 is 5.97 Å². The molecule has 0 saturated carbocycles. The Morgan fingerprint density at radius 1 is 1.18 bits per heavy atom. The molecule has 1 unspecified atom stereocenters. The molecule has 3 aromatic rings. The number of carbonyl (C=O) groups is 1. The second-order valence-corrected chi connectivity index (χ2v) is 5.82. The molecular weight excluding hydrogens is 298 g/mol. The highest BCUT2D eigenvalue weighted by atomic mass is 35.5. The third-order valence-corrected chi connectivity index (χ3v) is 4.32. The summed E-state index contributed by atoms with van der Waals surface area (Å²) in [4.78, 5) is 11.6. The number of carboxylic acids is 1. The molecule has 0 amide bonds. The van der Waals surface area contributed by atoms with Crippen molar-refractivity contribution in [2.45, 2.75) is 19.9 Å². The number of aromatic nitrogens is 1. The van der Waals surface area contributed by atoms with E-state index in [0.717, 1.165) is 22.2 Å². The number of nitrogens with zero attached hydrogens (tertiary/aromatic N) is 1. The Kier molecular flexibility index (Phi) is 3.67. The minimum atomic E-state index is -0.897. The standard InChI is InChI=1S/C18H16ClNO2/c1-11(13-6-5-7-14(19)10-13)20-12(2)17(18(21)22)15-8-3-4-9-16(15)20/h3-11H,1-2H3,(H,21,22). The molecule has 0 spiro atoms. The Labute approximate surface area is 133 Å². The zero-order valence-corrected chi connectivity index (χ0v) is 13.1. The molecule has 0 fully saturated rings. The molecule has 0 bridgehead atoms. The molecule has 2 aromatic carbocycles. The van der Waals surface area contributed by atoms with Crippen molar-refractivity contribution >= 4 is 28.5 Å². The molecule has 112 valence electrons. The second kappa shape index (κ2) is 5.50. The maximum absolute atomic E-state index is 11.6. The summed E-state index contributed by atoms with van der Waals surface area (Å²) in [6, 6.07) is 15.3. The molecule has 0 aliphatic heterocycles. The average Bonchev–Trinajstić information content (AvgIpc) is 2.78. The van der Waals surface area contributed by atoms with Gasteiger partial charge in [-0.2, -0.15) is 0 Å². The molecule has 1 N–H and O–H groups in total. The van der Waals surface area contributed by atoms with Crippen LogP contribution in [0, 0.1) is 6.92 Å². The van der Waals surface area contributed by atoms with Gasteiger partial charge >= 0.3 is 5.97 Å². The topological polar surface area (TPSA) is 42.2 Å². The number of rotatable bonds is 3. The lowest BCUT2D eigenvalue weighted by molar-refractivity contribution is 0.0698. The van der Waals surface area contributed by atoms with Crippen molar-refractivity contribution in [2.75, 3.05) is 0 Å². The van der Waals surface area contributed by atoms with Crippen LogP contribution in [-0.2, 0) is 0 Å². The lowest BCUT2D eigenvalue weighted by Gasteiger charge is -2.18. The van der Waals surface area contributed by atoms with E-state index in [0.29, 0.717) is 10.6 Å². The zero-order valence-electron chi connectivity index (χ0n) is 12.4. The molecule has 3 nitrogen and oxygen atoms in total. The zero-order chi connectivity index (χ0) is 15.9. The van der Waals surface area contributed by atoms with Crippen molar-refractivity contribution < 1.29 is 9.90 Å². The van der Waals surface area contributed by atoms with Crippen molar-refractivity contribution in [3.8, 4) is 0 Å². The summed E-state index contributed by atoms with van der Waals surface area (Å²) in [5.41, 5.74) is 3.09. The molecule has 1 atom stereocenters. The molecule has 22 heavy (non-hydrogen) atoms. The van der Waals surface area contributed by atoms with Gasteiger partial charge < -0.3 is 9.67 Å². The summed E-state index contributed by atoms with van der Waals surface area (Å²) in [7, 11) is 0. The first kappa shape index (κ1) is 14.7. The van der Waals surface area contributed by atoms with Gasteiger partial charge in [0.05, 0.1) is 11.6 Å². The Hall–Kier alpha value is -2.26. The van der Waals surface area contributed by atoms with E-state index in [2.05, 4.69) is 11.5 Å². The number of benzene rings is 2. The van der Waals surface area contributed by atoms with Gasteiger partial charge in [0.2, 0.25) is 0 Å². The summed E-state index contributed by atoms with van der Waals surface area (Å²) in [5, 5.41) is 11.0. The molecular formula is C18H16ClNO2. The van der Waals surface area contributed by atoms with Crippen LogP contribution >= 0.6 is 11.6 Å². The quantitative estimate of drug-likeness (QED) is 0.746. The number of halogens is 1. The van der Waals surface area contributed by atoms with Gasteiger partial charge in [-0.3, -0.25) is 0 Å². The van der Waals surface area contributed by atoms with Crippen molar-refractivity contribution in [1.82, 2.24) is 4.57 Å². The number of hydrogen-bond donors (Lipinski definition) is 1. The largest absolute Gasteiger partial charge is 0.478 e. The molecule has 1 aromatic heterocycles. The highest BCUT2D eigenvalue weighted by Gasteiger charge is 2.22. The molecule has 4 heteroatoms. The lowest BCUT2D eigenvalue weighted by Crippen LogP contribution is -2.09. The van der Waals surface area contributed by atoms with Gasteiger partial charge in [-0.15, -0.1) is 0 Å². The van der Waals surface area contributed by atoms with Gasteiger partial charge in [0.15, 0.2) is 0 Å². The predicted octanol–water partition coefficient (Wildman–Crippen LogP) is 4.91. The third-order valence-electron chi connectivity index (χ3n) is 4.09. The number of hydrogen-bond acceptors (Lipinski definition) is 1. The SMILES string of the molecule is Cc1c(C(=O)O)c2ccccc2n1C(C)c1cccc(Cl)c1. The van der Waals surface area contributed by atoms with Crippen LogP contribution in [0.5, 0.6) is 0 Å². The summed E-state index contributed by atoms with van der Waals surface area (Å²) in [6.45, 7) is 3.90. The first-order valence-corrected chi connectivity index (χ1v) is 7.46. The summed E-state index contributed by atoms with van der Waals surface area (Å²) >= 11 is 6.09. The highest BCUT2D eigenvalue weighted by Crippen LogP contribution is 2.32. The minimum absolute atomic E-state index is 0.00306. The molecule has 0 aliphatic rings. The molecule has 0 aliphatic carbocycles. The highest BCUT2D eigenvalue weighted by molar-refractivity contribution is 6.30. The van der Waals surface area contributed by atoms with E-state index >= 15 is 0 Å². The number of aromatic carboxylic acids is 1. The Balaban J connectivity index is 2.27. The van der Waals surface area contributed by atoms with Gasteiger partial charge in [0.25, 0.3) is 0 Å². The van der Waals surface area contributed by atoms with Crippen LogP contribution in [-0.4, -0.2) is 15.6 Å². The Morgan fingerprint density at radius 3 is 2.59 bits per heavy atom. The fourth-order valence-corrected chi connectivity index (χ4v) is 3.27. The summed E-state index contributed by atoms with van der Waals surface area (Å²) in [6.07, 6.45) is 0. The smallest absolute Gasteiger partial charge is 0.338 e. The number of carboxylic acid groups (broad SMARTS) is 1. The average molecular weight is 314 g/mol. The van der Waals surface area contributed by atoms with Gasteiger partial charge in [-0.05, 0) is 37.6 Å². The third kappa shape index (κ3) is 2.28. The lowest BCUT2D eigenvalue weighted by atomic mass is 10.1. The normalized spacial score (nSPS) is 12.5. The second-order valence-electron chi connectivity index (χ2n) is 5.38. The monoisotopic (exact) mass is 313 g/mol. The van der Waals surface area contributed by atoms with E-state index in [1.807, 2.05) is 55.5 Å². The van der Waals surface area contributed by atoms with Crippen LogP contribution in [0.25, 0.3) is 10.9 Å². The Morgan fingerprint density at radius 2 is 1.91 bits per heavy atom. The van der Waals surface area contributed by atoms with E-state index in [1.165, 1.54) is 0 Å². The van der Waals surface area contributed by atoms with E-state index in [4.69, 9.17) is 11.6 Å². The van der Waals surface area contributed by atoms with Gasteiger partial charge in [-0.1, -0.05) is 41.9 Å². The van der Waals surface area contributed by atoms with Crippen LogP contribution in [0.2, 0.25) is 5.02 Å². The maximum Gasteiger partial charge on any atom is 0.338 e. The first-order chi connectivity index (χ1) is 10.5. The van der Waals surface area contributed by atoms with Crippen LogP contribution in [0.1, 0.15) is 34.6 Å². The predicted molar refractivity (Wildman–Crippen MR) is 88.9 cm³/mol. The van der Waals surface area contributed by atoms with E-state index in [9.17, 15) is 9.90 Å². The van der Waals surface area contributed by atoms with Crippen molar-refractivity contribution in [3.63, 3.8) is 0 Å². The van der Waals surface area contributed by atoms with Crippen LogP contribution in [0.15, 0.2) is 48.5 Å². The van der Waals surface area contributed by atoms with Crippen molar-refractivity contribution in [1.29, 1.82) is 0 Å². The fraction of sp³-hybridized carbons (Fsp3) is 0.167. The first-order valence-electron chi connectivity index (χ1n) is 7.09.